The smallest absolute Gasteiger partial charge is 0.404 e. The molecule has 2 rings (SSSR count). The summed E-state index contributed by atoms with van der Waals surface area (Å²) in [7, 11) is 0. The van der Waals surface area contributed by atoms with E-state index in [1.54, 1.807) is 0 Å². The van der Waals surface area contributed by atoms with E-state index in [-0.39, 0.29) is 23.8 Å². The summed E-state index contributed by atoms with van der Waals surface area (Å²) in [5.74, 6) is 0.234. The number of primary amides is 1. The van der Waals surface area contributed by atoms with Crippen LogP contribution in [0.2, 0.25) is 0 Å². The molecule has 1 unspecified atom stereocenters. The average molecular weight is 241 g/mol. The van der Waals surface area contributed by atoms with Crippen molar-refractivity contribution in [2.75, 3.05) is 26.2 Å². The number of rotatable bonds is 4. The molecule has 0 aromatic carbocycles. The topological polar surface area (TPSA) is 93.5 Å². The van der Waals surface area contributed by atoms with Gasteiger partial charge in [-0.25, -0.2) is 4.79 Å². The quantitative estimate of drug-likeness (QED) is 0.583. The van der Waals surface area contributed by atoms with Crippen LogP contribution in [0.5, 0.6) is 0 Å². The molecule has 0 radical (unpaired) electrons. The molecule has 4 N–H and O–H groups in total. The van der Waals surface area contributed by atoms with E-state index in [0.29, 0.717) is 6.54 Å². The third-order valence-corrected chi connectivity index (χ3v) is 3.75. The van der Waals surface area contributed by atoms with Crippen molar-refractivity contribution >= 4 is 12.0 Å². The van der Waals surface area contributed by atoms with E-state index in [0.717, 1.165) is 32.4 Å². The monoisotopic (exact) mass is 241 g/mol. The first-order valence-electron chi connectivity index (χ1n) is 6.05. The zero-order valence-electron chi connectivity index (χ0n) is 9.83. The van der Waals surface area contributed by atoms with E-state index in [2.05, 4.69) is 15.4 Å². The molecule has 1 spiro atoms. The minimum atomic E-state index is -0.805. The van der Waals surface area contributed by atoms with Crippen LogP contribution in [-0.4, -0.2) is 38.2 Å². The molecule has 1 saturated carbocycles. The molecule has 6 nitrogen and oxygen atoms in total. The van der Waals surface area contributed by atoms with Gasteiger partial charge in [-0.3, -0.25) is 4.79 Å². The lowest BCUT2D eigenvalue weighted by atomic mass is 9.92. The minimum Gasteiger partial charge on any atom is -0.448 e. The first-order chi connectivity index (χ1) is 8.14. The second-order valence-electron chi connectivity index (χ2n) is 4.83. The molecule has 1 atom stereocenters. The van der Waals surface area contributed by atoms with E-state index in [1.807, 2.05) is 0 Å². The van der Waals surface area contributed by atoms with Gasteiger partial charge in [0, 0.05) is 5.92 Å². The minimum absolute atomic E-state index is 0.0833. The lowest BCUT2D eigenvalue weighted by Gasteiger charge is -2.23. The molecule has 1 aliphatic heterocycles. The van der Waals surface area contributed by atoms with Crippen LogP contribution in [0.25, 0.3) is 0 Å². The number of ether oxygens (including phenoxy) is 1. The highest BCUT2D eigenvalue weighted by molar-refractivity contribution is 5.82. The number of carbonyl (C=O) groups excluding carboxylic acids is 2. The van der Waals surface area contributed by atoms with Crippen molar-refractivity contribution in [2.24, 2.45) is 17.1 Å². The van der Waals surface area contributed by atoms with Gasteiger partial charge in [0.25, 0.3) is 0 Å². The first-order valence-corrected chi connectivity index (χ1v) is 6.05. The average Bonchev–Trinajstić information content (AvgIpc) is 2.99. The van der Waals surface area contributed by atoms with Crippen LogP contribution in [-0.2, 0) is 9.53 Å². The van der Waals surface area contributed by atoms with Crippen molar-refractivity contribution in [2.45, 2.75) is 19.3 Å². The van der Waals surface area contributed by atoms with E-state index >= 15 is 0 Å². The molecule has 0 aromatic heterocycles. The maximum Gasteiger partial charge on any atom is 0.404 e. The van der Waals surface area contributed by atoms with Gasteiger partial charge in [-0.1, -0.05) is 0 Å². The molecule has 1 aliphatic carbocycles. The summed E-state index contributed by atoms with van der Waals surface area (Å²) in [6.45, 7) is 2.50. The zero-order chi connectivity index (χ0) is 12.3. The van der Waals surface area contributed by atoms with Gasteiger partial charge < -0.3 is 21.1 Å². The Morgan fingerprint density at radius 1 is 1.41 bits per heavy atom. The van der Waals surface area contributed by atoms with Crippen LogP contribution in [0.4, 0.5) is 4.79 Å². The second-order valence-corrected chi connectivity index (χ2v) is 4.83. The standard InChI is InChI=1S/C11H19N3O3/c12-10(16)17-6-5-14-9(15)8-7-11(8)1-3-13-4-2-11/h8,13H,1-7H2,(H2,12,16)(H,14,15). The Kier molecular flexibility index (Phi) is 3.51. The molecular formula is C11H19N3O3. The lowest BCUT2D eigenvalue weighted by molar-refractivity contribution is -0.123. The van der Waals surface area contributed by atoms with Crippen LogP contribution >= 0.6 is 0 Å². The van der Waals surface area contributed by atoms with Crippen molar-refractivity contribution in [3.05, 3.63) is 0 Å². The number of hydrogen-bond acceptors (Lipinski definition) is 4. The van der Waals surface area contributed by atoms with Crippen molar-refractivity contribution in [3.8, 4) is 0 Å². The molecule has 17 heavy (non-hydrogen) atoms. The predicted molar refractivity (Wildman–Crippen MR) is 61.2 cm³/mol. The summed E-state index contributed by atoms with van der Waals surface area (Å²) in [5.41, 5.74) is 5.06. The van der Waals surface area contributed by atoms with Gasteiger partial charge >= 0.3 is 6.09 Å². The van der Waals surface area contributed by atoms with Crippen LogP contribution in [0.3, 0.4) is 0 Å². The molecule has 2 amide bonds. The van der Waals surface area contributed by atoms with E-state index in [9.17, 15) is 9.59 Å². The number of amides is 2. The Labute approximate surface area is 100 Å². The Morgan fingerprint density at radius 2 is 2.12 bits per heavy atom. The molecular weight excluding hydrogens is 222 g/mol. The Bertz CT molecular complexity index is 313. The van der Waals surface area contributed by atoms with E-state index < -0.39 is 6.09 Å². The zero-order valence-corrected chi connectivity index (χ0v) is 9.83. The highest BCUT2D eigenvalue weighted by Crippen LogP contribution is 2.58. The molecule has 1 heterocycles. The van der Waals surface area contributed by atoms with Gasteiger partial charge in [-0.15, -0.1) is 0 Å². The summed E-state index contributed by atoms with van der Waals surface area (Å²) >= 11 is 0. The Morgan fingerprint density at radius 3 is 2.76 bits per heavy atom. The van der Waals surface area contributed by atoms with Crippen LogP contribution in [0.1, 0.15) is 19.3 Å². The normalized spacial score (nSPS) is 25.3. The number of nitrogens with one attached hydrogen (secondary N) is 2. The van der Waals surface area contributed by atoms with Crippen LogP contribution in [0, 0.1) is 11.3 Å². The van der Waals surface area contributed by atoms with Gasteiger partial charge in [0.05, 0.1) is 6.54 Å². The van der Waals surface area contributed by atoms with Crippen molar-refractivity contribution in [1.82, 2.24) is 10.6 Å². The first kappa shape index (κ1) is 12.2. The largest absolute Gasteiger partial charge is 0.448 e. The Balaban J connectivity index is 1.66. The maximum absolute atomic E-state index is 11.8. The fraction of sp³-hybridized carbons (Fsp3) is 0.818. The lowest BCUT2D eigenvalue weighted by Crippen LogP contribution is -2.35. The van der Waals surface area contributed by atoms with E-state index in [1.165, 1.54) is 0 Å². The maximum atomic E-state index is 11.8. The number of carbonyl (C=O) groups is 2. The summed E-state index contributed by atoms with van der Waals surface area (Å²) in [5, 5.41) is 6.08. The molecule has 6 heteroatoms. The van der Waals surface area contributed by atoms with Gasteiger partial charge in [0.15, 0.2) is 0 Å². The van der Waals surface area contributed by atoms with Crippen molar-refractivity contribution in [1.29, 1.82) is 0 Å². The molecule has 2 aliphatic rings. The summed E-state index contributed by atoms with van der Waals surface area (Å²) in [6, 6.07) is 0. The fourth-order valence-corrected chi connectivity index (χ4v) is 2.64. The number of piperidine rings is 1. The number of hydrogen-bond donors (Lipinski definition) is 3. The Hall–Kier alpha value is -1.30. The molecule has 0 aromatic rings. The molecule has 1 saturated heterocycles. The third kappa shape index (κ3) is 2.88. The van der Waals surface area contributed by atoms with Crippen molar-refractivity contribution < 1.29 is 14.3 Å². The summed E-state index contributed by atoms with van der Waals surface area (Å²) in [6.07, 6.45) is 2.36. The highest BCUT2D eigenvalue weighted by Gasteiger charge is 2.57. The second kappa shape index (κ2) is 4.91. The molecule has 0 bridgehead atoms. The fourth-order valence-electron chi connectivity index (χ4n) is 2.64. The third-order valence-electron chi connectivity index (χ3n) is 3.75. The van der Waals surface area contributed by atoms with Gasteiger partial charge in [-0.2, -0.15) is 0 Å². The van der Waals surface area contributed by atoms with Gasteiger partial charge in [-0.05, 0) is 37.8 Å². The predicted octanol–water partition coefficient (Wildman–Crippen LogP) is -0.412. The summed E-state index contributed by atoms with van der Waals surface area (Å²) < 4.78 is 4.54. The molecule has 2 fully saturated rings. The van der Waals surface area contributed by atoms with Crippen LogP contribution in [0.15, 0.2) is 0 Å². The summed E-state index contributed by atoms with van der Waals surface area (Å²) in [4.78, 5) is 22.1. The van der Waals surface area contributed by atoms with Crippen molar-refractivity contribution in [3.63, 3.8) is 0 Å². The van der Waals surface area contributed by atoms with Gasteiger partial charge in [0.1, 0.15) is 6.61 Å². The van der Waals surface area contributed by atoms with E-state index in [4.69, 9.17) is 5.73 Å². The SMILES string of the molecule is NC(=O)OCCNC(=O)C1CC12CCNCC2. The molecule has 96 valence electrons. The van der Waals surface area contributed by atoms with Gasteiger partial charge in [0.2, 0.25) is 5.91 Å². The van der Waals surface area contributed by atoms with Crippen LogP contribution < -0.4 is 16.4 Å². The number of nitrogens with two attached hydrogens (primary N) is 1. The highest BCUT2D eigenvalue weighted by atomic mass is 16.5.